The molecule has 0 aliphatic carbocycles. The first-order valence-corrected chi connectivity index (χ1v) is 7.38. The third-order valence-electron chi connectivity index (χ3n) is 0.928. The van der Waals surface area contributed by atoms with Gasteiger partial charge in [0.1, 0.15) is 0 Å². The van der Waals surface area contributed by atoms with Crippen LogP contribution in [0.25, 0.3) is 0 Å². The molecule has 0 saturated heterocycles. The lowest BCUT2D eigenvalue weighted by Gasteiger charge is -2.01. The van der Waals surface area contributed by atoms with E-state index in [9.17, 15) is 9.59 Å². The molecule has 0 fully saturated rings. The zero-order valence-corrected chi connectivity index (χ0v) is 9.30. The maximum Gasteiger partial charge on any atom is 0.240 e. The lowest BCUT2D eigenvalue weighted by Crippen LogP contribution is -2.37. The molecule has 4 nitrogen and oxygen atoms in total. The molecule has 0 aliphatic rings. The van der Waals surface area contributed by atoms with Crippen molar-refractivity contribution < 1.29 is 9.59 Å². The van der Waals surface area contributed by atoms with E-state index in [1.54, 1.807) is 7.05 Å². The molecule has 0 bridgehead atoms. The molecular formula is C5H11N2O2PS2. The highest BCUT2D eigenvalue weighted by molar-refractivity contribution is 8.56. The summed E-state index contributed by atoms with van der Waals surface area (Å²) >= 11 is 8.69. The van der Waals surface area contributed by atoms with Gasteiger partial charge in [-0.1, -0.05) is 11.8 Å². The largest absolute Gasteiger partial charge is 0.311 e. The molecule has 0 aliphatic heterocycles. The van der Waals surface area contributed by atoms with Gasteiger partial charge in [0.2, 0.25) is 11.8 Å². The number of nitrogens with one attached hydrogen (secondary N) is 2. The Kier molecular flexibility index (Phi) is 6.65. The molecule has 7 heteroatoms. The molecule has 70 valence electrons. The van der Waals surface area contributed by atoms with Gasteiger partial charge in [-0.2, -0.15) is 0 Å². The second-order valence-electron chi connectivity index (χ2n) is 2.07. The van der Waals surface area contributed by atoms with Crippen LogP contribution in [0, 0.1) is 0 Å². The van der Waals surface area contributed by atoms with Gasteiger partial charge in [-0.3, -0.25) is 14.9 Å². The number of rotatable bonds is 4. The predicted octanol–water partition coefficient (Wildman–Crippen LogP) is -0.631. The van der Waals surface area contributed by atoms with Gasteiger partial charge in [0.25, 0.3) is 0 Å². The van der Waals surface area contributed by atoms with Gasteiger partial charge >= 0.3 is 0 Å². The van der Waals surface area contributed by atoms with Crippen molar-refractivity contribution in [3.8, 4) is 0 Å². The number of hydrogen-bond donors (Lipinski definition) is 3. The molecule has 0 aromatic carbocycles. The monoisotopic (exact) mass is 226 g/mol. The molecule has 12 heavy (non-hydrogen) atoms. The minimum Gasteiger partial charge on any atom is -0.311 e. The maximum absolute atomic E-state index is 10.9. The maximum atomic E-state index is 10.9. The van der Waals surface area contributed by atoms with E-state index in [1.165, 1.54) is 0 Å². The van der Waals surface area contributed by atoms with Gasteiger partial charge < -0.3 is 5.32 Å². The first-order valence-electron chi connectivity index (χ1n) is 3.25. The Bertz CT molecular complexity index is 210. The summed E-state index contributed by atoms with van der Waals surface area (Å²) in [4.78, 5) is 21.7. The van der Waals surface area contributed by atoms with Crippen molar-refractivity contribution in [2.45, 2.75) is 0 Å². The van der Waals surface area contributed by atoms with E-state index in [4.69, 9.17) is 11.8 Å². The Balaban J connectivity index is 3.69. The van der Waals surface area contributed by atoms with Crippen LogP contribution in [0.15, 0.2) is 0 Å². The summed E-state index contributed by atoms with van der Waals surface area (Å²) in [7, 11) is 1.63. The van der Waals surface area contributed by atoms with Crippen molar-refractivity contribution in [1.82, 2.24) is 10.6 Å². The number of carbonyl (C=O) groups excluding carboxylic acids is 2. The van der Waals surface area contributed by atoms with Crippen molar-refractivity contribution >= 4 is 41.8 Å². The number of likely N-dealkylation sites (N-methyl/N-ethyl adjacent to an activating group) is 1. The zero-order valence-electron chi connectivity index (χ0n) is 6.59. The van der Waals surface area contributed by atoms with Crippen LogP contribution >= 0.6 is 18.1 Å². The quantitative estimate of drug-likeness (QED) is 0.441. The first-order chi connectivity index (χ1) is 5.56. The van der Waals surface area contributed by atoms with Gasteiger partial charge in [0.15, 0.2) is 0 Å². The lowest BCUT2D eigenvalue weighted by molar-refractivity contribution is -0.128. The summed E-state index contributed by atoms with van der Waals surface area (Å²) in [6.45, 7) is 0.137. The van der Waals surface area contributed by atoms with E-state index in [-0.39, 0.29) is 24.5 Å². The molecule has 1 unspecified atom stereocenters. The Morgan fingerprint density at radius 2 is 2.08 bits per heavy atom. The normalized spacial score (nSPS) is 12.2. The standard InChI is InChI=1S/C5H11N2O2PS2/c1-6-2-4(8)7-5(9)3-10(11)12/h6,10H,2-3H2,1H3,(H,11,12)(H,7,8,9). The van der Waals surface area contributed by atoms with Gasteiger partial charge in [-0.25, -0.2) is 0 Å². The molecule has 0 saturated carbocycles. The number of carbonyl (C=O) groups is 2. The summed E-state index contributed by atoms with van der Waals surface area (Å²) in [5.41, 5.74) is 0. The second-order valence-corrected chi connectivity index (χ2v) is 7.22. The summed E-state index contributed by atoms with van der Waals surface area (Å²) in [6.07, 6.45) is 0.179. The van der Waals surface area contributed by atoms with Crippen LogP contribution in [0.5, 0.6) is 0 Å². The third kappa shape index (κ3) is 6.79. The van der Waals surface area contributed by atoms with Gasteiger partial charge in [-0.15, -0.1) is 12.2 Å². The molecule has 2 amide bonds. The lowest BCUT2D eigenvalue weighted by atomic mass is 10.5. The van der Waals surface area contributed by atoms with Crippen LogP contribution in [0.2, 0.25) is 0 Å². The Labute approximate surface area is 82.1 Å². The fourth-order valence-electron chi connectivity index (χ4n) is 0.542. The Morgan fingerprint density at radius 3 is 2.50 bits per heavy atom. The van der Waals surface area contributed by atoms with Crippen LogP contribution < -0.4 is 10.6 Å². The molecule has 2 N–H and O–H groups in total. The molecule has 0 aromatic rings. The fourth-order valence-corrected chi connectivity index (χ4v) is 1.73. The zero-order chi connectivity index (χ0) is 9.56. The number of thiol groups is 1. The van der Waals surface area contributed by atoms with E-state index < -0.39 is 5.90 Å². The molecule has 0 rings (SSSR count). The Hall–Kier alpha value is 0.1000. The summed E-state index contributed by atoms with van der Waals surface area (Å²) in [5.74, 6) is -1.98. The van der Waals surface area contributed by atoms with Crippen LogP contribution in [-0.2, 0) is 21.4 Å². The summed E-state index contributed by atoms with van der Waals surface area (Å²) in [6, 6.07) is 0. The second kappa shape index (κ2) is 6.60. The van der Waals surface area contributed by atoms with Crippen molar-refractivity contribution in [3.05, 3.63) is 0 Å². The number of imide groups is 1. The third-order valence-corrected chi connectivity index (χ3v) is 2.46. The average Bonchev–Trinajstić information content (AvgIpc) is 1.84. The van der Waals surface area contributed by atoms with Gasteiger partial charge in [0, 0.05) is 5.90 Å². The first kappa shape index (κ1) is 12.1. The van der Waals surface area contributed by atoms with Crippen molar-refractivity contribution in [3.63, 3.8) is 0 Å². The van der Waals surface area contributed by atoms with E-state index in [1.807, 2.05) is 0 Å². The van der Waals surface area contributed by atoms with E-state index in [2.05, 4.69) is 22.9 Å². The minimum atomic E-state index is -1.30. The highest BCUT2D eigenvalue weighted by Gasteiger charge is 2.06. The molecule has 0 radical (unpaired) electrons. The highest BCUT2D eigenvalue weighted by Crippen LogP contribution is 2.24. The SMILES string of the molecule is CNCC(=O)NC(=O)C[PH](=S)S. The van der Waals surface area contributed by atoms with Crippen molar-refractivity contribution in [2.24, 2.45) is 0 Å². The van der Waals surface area contributed by atoms with Crippen LogP contribution in [0.1, 0.15) is 0 Å². The average molecular weight is 226 g/mol. The van der Waals surface area contributed by atoms with E-state index >= 15 is 0 Å². The fraction of sp³-hybridized carbons (Fsp3) is 0.600. The summed E-state index contributed by atoms with van der Waals surface area (Å²) < 4.78 is 0. The van der Waals surface area contributed by atoms with Crippen molar-refractivity contribution in [1.29, 1.82) is 0 Å². The van der Waals surface area contributed by atoms with E-state index in [0.29, 0.717) is 0 Å². The smallest absolute Gasteiger partial charge is 0.240 e. The molecule has 0 aromatic heterocycles. The predicted molar refractivity (Wildman–Crippen MR) is 56.6 cm³/mol. The molecule has 0 heterocycles. The topological polar surface area (TPSA) is 58.2 Å². The van der Waals surface area contributed by atoms with Crippen LogP contribution in [0.3, 0.4) is 0 Å². The van der Waals surface area contributed by atoms with Gasteiger partial charge in [0.05, 0.1) is 12.7 Å². The van der Waals surface area contributed by atoms with E-state index in [0.717, 1.165) is 0 Å². The van der Waals surface area contributed by atoms with Gasteiger partial charge in [-0.05, 0) is 7.05 Å². The minimum absolute atomic E-state index is 0.137. The van der Waals surface area contributed by atoms with Crippen LogP contribution in [0.4, 0.5) is 0 Å². The number of amides is 2. The van der Waals surface area contributed by atoms with Crippen LogP contribution in [-0.4, -0.2) is 31.6 Å². The Morgan fingerprint density at radius 1 is 1.50 bits per heavy atom. The molecule has 0 spiro atoms. The van der Waals surface area contributed by atoms with Crippen molar-refractivity contribution in [2.75, 3.05) is 19.8 Å². The molecular weight excluding hydrogens is 215 g/mol. The summed E-state index contributed by atoms with van der Waals surface area (Å²) in [5, 5.41) is 4.81. The highest BCUT2D eigenvalue weighted by atomic mass is 32.9. The molecule has 1 atom stereocenters. The number of hydrogen-bond acceptors (Lipinski definition) is 4.